The van der Waals surface area contributed by atoms with E-state index >= 15 is 0 Å². The van der Waals surface area contributed by atoms with Crippen molar-refractivity contribution < 1.29 is 19.4 Å². The van der Waals surface area contributed by atoms with Crippen molar-refractivity contribution in [3.05, 3.63) is 36.1 Å². The van der Waals surface area contributed by atoms with Crippen LogP contribution >= 0.6 is 0 Å². The maximum Gasteiger partial charge on any atom is 0.191 e. The molecule has 0 saturated heterocycles. The van der Waals surface area contributed by atoms with Crippen LogP contribution in [0.5, 0.6) is 5.75 Å². The van der Waals surface area contributed by atoms with E-state index in [-0.39, 0.29) is 0 Å². The van der Waals surface area contributed by atoms with E-state index in [0.717, 1.165) is 17.5 Å². The highest BCUT2D eigenvalue weighted by molar-refractivity contribution is 5.71. The van der Waals surface area contributed by atoms with Crippen LogP contribution in [0.3, 0.4) is 0 Å². The van der Waals surface area contributed by atoms with Crippen LogP contribution in [0.2, 0.25) is 0 Å². The Labute approximate surface area is 162 Å². The predicted octanol–water partition coefficient (Wildman–Crippen LogP) is 2.67. The average Bonchev–Trinajstić information content (AvgIpc) is 3.34. The molecule has 1 aliphatic heterocycles. The fourth-order valence-corrected chi connectivity index (χ4v) is 3.84. The molecule has 28 heavy (non-hydrogen) atoms. The first-order chi connectivity index (χ1) is 13.5. The number of aryl methyl sites for hydroxylation is 1. The Morgan fingerprint density at radius 1 is 1.36 bits per heavy atom. The topological polar surface area (TPSA) is 106 Å². The van der Waals surface area contributed by atoms with Gasteiger partial charge in [-0.2, -0.15) is 0 Å². The number of methoxy groups -OCH3 is 1. The molecule has 2 aromatic heterocycles. The number of aliphatic hydroxyl groups is 2. The maximum atomic E-state index is 11.0. The SMILES string of the molecule is CCC(O)C1(O)CCCn2c(-c3ccc(-c4cnc(C)o4)c(OC)c3)nnc21. The van der Waals surface area contributed by atoms with Gasteiger partial charge >= 0.3 is 0 Å². The van der Waals surface area contributed by atoms with Crippen molar-refractivity contribution in [3.8, 4) is 28.5 Å². The van der Waals surface area contributed by atoms with Crippen LogP contribution in [-0.4, -0.2) is 43.2 Å². The Morgan fingerprint density at radius 3 is 2.86 bits per heavy atom. The van der Waals surface area contributed by atoms with Gasteiger partial charge in [0.05, 0.1) is 25.0 Å². The first-order valence-electron chi connectivity index (χ1n) is 9.43. The third kappa shape index (κ3) is 2.89. The van der Waals surface area contributed by atoms with Gasteiger partial charge in [-0.15, -0.1) is 10.2 Å². The van der Waals surface area contributed by atoms with Gasteiger partial charge in [0.25, 0.3) is 0 Å². The van der Waals surface area contributed by atoms with Crippen molar-refractivity contribution in [1.82, 2.24) is 19.7 Å². The van der Waals surface area contributed by atoms with Crippen LogP contribution < -0.4 is 4.74 Å². The van der Waals surface area contributed by atoms with E-state index in [4.69, 9.17) is 9.15 Å². The lowest BCUT2D eigenvalue weighted by molar-refractivity contribution is -0.104. The molecule has 8 heteroatoms. The Balaban J connectivity index is 1.77. The van der Waals surface area contributed by atoms with Gasteiger partial charge in [0.1, 0.15) is 11.4 Å². The zero-order chi connectivity index (χ0) is 19.9. The molecule has 3 heterocycles. The highest BCUT2D eigenvalue weighted by Gasteiger charge is 2.43. The molecule has 0 amide bonds. The summed E-state index contributed by atoms with van der Waals surface area (Å²) in [6.07, 6.45) is 2.43. The third-order valence-electron chi connectivity index (χ3n) is 5.36. The molecule has 0 spiro atoms. The van der Waals surface area contributed by atoms with E-state index in [1.54, 1.807) is 20.2 Å². The molecule has 0 bridgehead atoms. The molecule has 3 aromatic rings. The highest BCUT2D eigenvalue weighted by Crippen LogP contribution is 2.39. The number of oxazole rings is 1. The lowest BCUT2D eigenvalue weighted by Gasteiger charge is -2.35. The Kier molecular flexibility index (Phi) is 4.68. The summed E-state index contributed by atoms with van der Waals surface area (Å²) in [5.74, 6) is 2.89. The van der Waals surface area contributed by atoms with Crippen molar-refractivity contribution >= 4 is 0 Å². The normalized spacial score (nSPS) is 20.0. The van der Waals surface area contributed by atoms with Gasteiger partial charge in [-0.25, -0.2) is 4.98 Å². The maximum absolute atomic E-state index is 11.0. The van der Waals surface area contributed by atoms with Gasteiger partial charge in [-0.05, 0) is 31.4 Å². The van der Waals surface area contributed by atoms with Gasteiger partial charge in [-0.3, -0.25) is 0 Å². The number of fused-ring (bicyclic) bond motifs is 1. The van der Waals surface area contributed by atoms with Crippen LogP contribution in [0.1, 0.15) is 37.9 Å². The van der Waals surface area contributed by atoms with E-state index in [2.05, 4.69) is 15.2 Å². The van der Waals surface area contributed by atoms with Crippen molar-refractivity contribution in [2.45, 2.75) is 51.4 Å². The second-order valence-electron chi connectivity index (χ2n) is 7.11. The van der Waals surface area contributed by atoms with Gasteiger partial charge in [-0.1, -0.05) is 13.0 Å². The summed E-state index contributed by atoms with van der Waals surface area (Å²) in [4.78, 5) is 4.14. The van der Waals surface area contributed by atoms with E-state index in [0.29, 0.717) is 48.4 Å². The van der Waals surface area contributed by atoms with Gasteiger partial charge in [0, 0.05) is 19.0 Å². The molecule has 2 atom stereocenters. The van der Waals surface area contributed by atoms with Gasteiger partial charge in [0.2, 0.25) is 0 Å². The Morgan fingerprint density at radius 2 is 2.18 bits per heavy atom. The lowest BCUT2D eigenvalue weighted by atomic mass is 9.86. The van der Waals surface area contributed by atoms with Gasteiger partial charge < -0.3 is 23.9 Å². The molecular weight excluding hydrogens is 360 g/mol. The number of benzene rings is 1. The van der Waals surface area contributed by atoms with Crippen molar-refractivity contribution in [1.29, 1.82) is 0 Å². The molecular formula is C20H24N4O4. The number of aliphatic hydroxyl groups excluding tert-OH is 1. The summed E-state index contributed by atoms with van der Waals surface area (Å²) in [6.45, 7) is 4.31. The molecule has 0 saturated carbocycles. The monoisotopic (exact) mass is 384 g/mol. The van der Waals surface area contributed by atoms with Crippen LogP contribution in [0.4, 0.5) is 0 Å². The minimum absolute atomic E-state index is 0.414. The quantitative estimate of drug-likeness (QED) is 0.696. The number of hydrogen-bond donors (Lipinski definition) is 2. The molecule has 148 valence electrons. The summed E-state index contributed by atoms with van der Waals surface area (Å²) >= 11 is 0. The van der Waals surface area contributed by atoms with Gasteiger partial charge in [0.15, 0.2) is 23.3 Å². The highest BCUT2D eigenvalue weighted by atomic mass is 16.5. The standard InChI is InChI=1S/C20H24N4O4/c1-4-17(25)20(26)8-5-9-24-18(22-23-19(20)24)13-6-7-14(15(10-13)27-3)16-11-21-12(2)28-16/h6-7,10-11,17,25-26H,4-5,8-9H2,1-3H3. The van der Waals surface area contributed by atoms with Crippen molar-refractivity contribution in [2.75, 3.05) is 7.11 Å². The van der Waals surface area contributed by atoms with Crippen LogP contribution in [0.15, 0.2) is 28.8 Å². The smallest absolute Gasteiger partial charge is 0.191 e. The molecule has 1 aromatic carbocycles. The Bertz CT molecular complexity index is 996. The number of nitrogens with zero attached hydrogens (tertiary/aromatic N) is 4. The fraction of sp³-hybridized carbons (Fsp3) is 0.450. The average molecular weight is 384 g/mol. The first kappa shape index (κ1) is 18.6. The predicted molar refractivity (Wildman–Crippen MR) is 102 cm³/mol. The number of rotatable bonds is 5. The zero-order valence-electron chi connectivity index (χ0n) is 16.2. The molecule has 2 unspecified atom stereocenters. The molecule has 8 nitrogen and oxygen atoms in total. The largest absolute Gasteiger partial charge is 0.496 e. The number of aromatic nitrogens is 4. The molecule has 0 fully saturated rings. The van der Waals surface area contributed by atoms with E-state index in [9.17, 15) is 10.2 Å². The van der Waals surface area contributed by atoms with E-state index in [1.807, 2.05) is 29.7 Å². The fourth-order valence-electron chi connectivity index (χ4n) is 3.84. The van der Waals surface area contributed by atoms with Crippen LogP contribution in [-0.2, 0) is 12.1 Å². The molecule has 0 aliphatic carbocycles. The summed E-state index contributed by atoms with van der Waals surface area (Å²) < 4.78 is 13.1. The molecule has 0 radical (unpaired) electrons. The molecule has 4 rings (SSSR count). The second-order valence-corrected chi connectivity index (χ2v) is 7.11. The van der Waals surface area contributed by atoms with E-state index in [1.165, 1.54) is 0 Å². The third-order valence-corrected chi connectivity index (χ3v) is 5.36. The number of hydrogen-bond acceptors (Lipinski definition) is 7. The summed E-state index contributed by atoms with van der Waals surface area (Å²) in [6, 6.07) is 5.68. The summed E-state index contributed by atoms with van der Waals surface area (Å²) in [5.41, 5.74) is 0.230. The second kappa shape index (κ2) is 7.03. The first-order valence-corrected chi connectivity index (χ1v) is 9.43. The molecule has 1 aliphatic rings. The van der Waals surface area contributed by atoms with Crippen molar-refractivity contribution in [3.63, 3.8) is 0 Å². The van der Waals surface area contributed by atoms with Crippen LogP contribution in [0.25, 0.3) is 22.7 Å². The molecule has 2 N–H and O–H groups in total. The van der Waals surface area contributed by atoms with Crippen molar-refractivity contribution in [2.24, 2.45) is 0 Å². The Hall–Kier alpha value is -2.71. The van der Waals surface area contributed by atoms with E-state index < -0.39 is 11.7 Å². The number of ether oxygens (including phenoxy) is 1. The zero-order valence-corrected chi connectivity index (χ0v) is 16.2. The summed E-state index contributed by atoms with van der Waals surface area (Å²) in [5, 5.41) is 29.9. The van der Waals surface area contributed by atoms with Crippen LogP contribution in [0, 0.1) is 6.92 Å². The summed E-state index contributed by atoms with van der Waals surface area (Å²) in [7, 11) is 1.60. The minimum Gasteiger partial charge on any atom is -0.496 e. The lowest BCUT2D eigenvalue weighted by Crippen LogP contribution is -2.44. The minimum atomic E-state index is -1.38.